The van der Waals surface area contributed by atoms with Crippen molar-refractivity contribution in [2.75, 3.05) is 17.3 Å². The zero-order valence-corrected chi connectivity index (χ0v) is 21.2. The van der Waals surface area contributed by atoms with Gasteiger partial charge in [0.05, 0.1) is 12.3 Å². The van der Waals surface area contributed by atoms with E-state index in [9.17, 15) is 38.1 Å². The Balaban J connectivity index is 1.43. The van der Waals surface area contributed by atoms with Crippen LogP contribution in [-0.2, 0) is 31.0 Å². The fourth-order valence-corrected chi connectivity index (χ4v) is 6.46. The monoisotopic (exact) mass is 571 g/mol. The highest BCUT2D eigenvalue weighted by molar-refractivity contribution is 8.01. The van der Waals surface area contributed by atoms with Crippen molar-refractivity contribution >= 4 is 51.3 Å². The van der Waals surface area contributed by atoms with Gasteiger partial charge in [-0.05, 0) is 33.7 Å². The molecule has 1 saturated heterocycles. The number of sulfonamides is 1. The summed E-state index contributed by atoms with van der Waals surface area (Å²) < 4.78 is 23.6. The van der Waals surface area contributed by atoms with Gasteiger partial charge < -0.3 is 20.6 Å². The number of tetrazole rings is 1. The molecule has 3 heterocycles. The number of amides is 2. The van der Waals surface area contributed by atoms with Crippen LogP contribution in [0.4, 0.5) is 0 Å². The smallest absolute Gasteiger partial charge is 0.352 e. The van der Waals surface area contributed by atoms with Gasteiger partial charge in [0.1, 0.15) is 22.9 Å². The number of rotatable bonds is 10. The van der Waals surface area contributed by atoms with Gasteiger partial charge >= 0.3 is 5.97 Å². The highest BCUT2D eigenvalue weighted by Crippen LogP contribution is 2.41. The summed E-state index contributed by atoms with van der Waals surface area (Å²) in [5, 5.41) is 47.5. The first-order valence-electron chi connectivity index (χ1n) is 10.5. The Morgan fingerprint density at radius 2 is 2.00 bits per heavy atom. The van der Waals surface area contributed by atoms with Crippen molar-refractivity contribution in [3.63, 3.8) is 0 Å². The van der Waals surface area contributed by atoms with Crippen LogP contribution in [-0.4, -0.2) is 95.3 Å². The molecule has 37 heavy (non-hydrogen) atoms. The number of primary sulfonamides is 1. The van der Waals surface area contributed by atoms with Crippen LogP contribution in [0.1, 0.15) is 11.7 Å². The molecule has 1 fully saturated rings. The number of carboxylic acid groups (broad SMARTS) is 1. The first-order chi connectivity index (χ1) is 17.5. The second-order valence-electron chi connectivity index (χ2n) is 7.99. The molecule has 0 radical (unpaired) electrons. The van der Waals surface area contributed by atoms with Crippen LogP contribution in [0.25, 0.3) is 0 Å². The molecular weight excluding hydrogens is 550 g/mol. The van der Waals surface area contributed by atoms with E-state index in [1.165, 1.54) is 40.7 Å². The van der Waals surface area contributed by atoms with E-state index in [4.69, 9.17) is 5.14 Å². The number of carboxylic acids is 1. The topological polar surface area (TPSA) is 231 Å². The van der Waals surface area contributed by atoms with Crippen LogP contribution in [0.2, 0.25) is 0 Å². The lowest BCUT2D eigenvalue weighted by atomic mass is 10.0. The lowest BCUT2D eigenvalue weighted by Crippen LogP contribution is -2.70. The number of nitrogens with one attached hydrogen (secondary N) is 1. The maximum Gasteiger partial charge on any atom is 0.352 e. The van der Waals surface area contributed by atoms with Gasteiger partial charge in [-0.15, -0.1) is 16.9 Å². The van der Waals surface area contributed by atoms with Crippen LogP contribution in [0.3, 0.4) is 0 Å². The number of aliphatic hydroxyl groups excluding tert-OH is 1. The number of aryl methyl sites for hydroxylation is 1. The van der Waals surface area contributed by atoms with Crippen LogP contribution < -0.4 is 10.5 Å². The number of carbonyl (C=O) groups is 3. The Bertz CT molecular complexity index is 1360. The summed E-state index contributed by atoms with van der Waals surface area (Å²) in [6, 6.07) is 4.31. The van der Waals surface area contributed by atoms with Crippen LogP contribution in [0.5, 0.6) is 5.75 Å². The normalized spacial score (nSPS) is 20.3. The summed E-state index contributed by atoms with van der Waals surface area (Å²) in [6.45, 7) is -0.0855. The van der Waals surface area contributed by atoms with E-state index in [0.717, 1.165) is 16.7 Å². The van der Waals surface area contributed by atoms with E-state index in [0.29, 0.717) is 5.57 Å². The second kappa shape index (κ2) is 10.7. The van der Waals surface area contributed by atoms with E-state index < -0.39 is 45.3 Å². The van der Waals surface area contributed by atoms with Crippen molar-refractivity contribution in [1.29, 1.82) is 0 Å². The molecule has 18 heteroatoms. The number of aromatic nitrogens is 4. The minimum atomic E-state index is -3.74. The number of aromatic hydroxyl groups is 1. The predicted molar refractivity (Wildman–Crippen MR) is 129 cm³/mol. The molecule has 2 amide bonds. The van der Waals surface area contributed by atoms with Crippen molar-refractivity contribution in [1.82, 2.24) is 30.4 Å². The second-order valence-corrected chi connectivity index (χ2v) is 11.8. The van der Waals surface area contributed by atoms with Gasteiger partial charge in [0, 0.05) is 11.5 Å². The van der Waals surface area contributed by atoms with Crippen LogP contribution >= 0.6 is 23.5 Å². The molecule has 1 aromatic heterocycles. The number of nitrogens with zero attached hydrogens (tertiary/aromatic N) is 5. The average molecular weight is 572 g/mol. The predicted octanol–water partition coefficient (Wildman–Crippen LogP) is -1.77. The number of nitrogens with two attached hydrogens (primary N) is 1. The fraction of sp³-hybridized carbons (Fsp3) is 0.368. The molecule has 2 aromatic rings. The third kappa shape index (κ3) is 5.87. The lowest BCUT2D eigenvalue weighted by Gasteiger charge is -2.49. The Hall–Kier alpha value is -3.19. The summed E-state index contributed by atoms with van der Waals surface area (Å²) in [6.07, 6.45) is -1.59. The molecule has 1 aromatic carbocycles. The highest BCUT2D eigenvalue weighted by Gasteiger charge is 2.54. The van der Waals surface area contributed by atoms with Gasteiger partial charge in [0.15, 0.2) is 6.10 Å². The maximum absolute atomic E-state index is 12.8. The molecular formula is C19H21N7O8S3. The molecule has 15 nitrogen and oxygen atoms in total. The number of fused-ring (bicyclic) bond motifs is 1. The molecule has 2 aliphatic heterocycles. The number of aliphatic hydroxyl groups is 1. The van der Waals surface area contributed by atoms with Gasteiger partial charge in [-0.1, -0.05) is 23.9 Å². The first-order valence-corrected chi connectivity index (χ1v) is 14.3. The third-order valence-corrected chi connectivity index (χ3v) is 8.60. The zero-order valence-electron chi connectivity index (χ0n) is 18.8. The summed E-state index contributed by atoms with van der Waals surface area (Å²) >= 11 is 2.32. The van der Waals surface area contributed by atoms with Crippen molar-refractivity contribution in [2.24, 2.45) is 5.14 Å². The van der Waals surface area contributed by atoms with Crippen molar-refractivity contribution in [3.8, 4) is 5.75 Å². The molecule has 3 atom stereocenters. The number of hydrogen-bond donors (Lipinski definition) is 5. The number of carbonyl (C=O) groups excluding carboxylic acids is 2. The Morgan fingerprint density at radius 1 is 1.30 bits per heavy atom. The van der Waals surface area contributed by atoms with E-state index in [1.54, 1.807) is 0 Å². The summed E-state index contributed by atoms with van der Waals surface area (Å²) in [5.74, 6) is -2.88. The molecule has 4 rings (SSSR count). The maximum atomic E-state index is 12.8. The Kier molecular flexibility index (Phi) is 7.74. The SMILES string of the molecule is NS(=O)(=O)CCn1nnnc1SCC1=C(C(=O)O)N2C(=O)C(NC(=O)C(O)c3ccc(O)cc3)[C@H]2SC1. The van der Waals surface area contributed by atoms with E-state index in [-0.39, 0.29) is 46.0 Å². The summed E-state index contributed by atoms with van der Waals surface area (Å²) in [5.41, 5.74) is 0.420. The largest absolute Gasteiger partial charge is 0.508 e. The molecule has 198 valence electrons. The number of hydrogen-bond acceptors (Lipinski definition) is 12. The van der Waals surface area contributed by atoms with Gasteiger partial charge in [0.25, 0.3) is 11.8 Å². The zero-order chi connectivity index (χ0) is 26.9. The quantitative estimate of drug-likeness (QED) is 0.157. The van der Waals surface area contributed by atoms with Gasteiger partial charge in [-0.2, -0.15) is 0 Å². The fourth-order valence-electron chi connectivity index (χ4n) is 3.64. The minimum Gasteiger partial charge on any atom is -0.508 e. The molecule has 0 saturated carbocycles. The number of thioether (sulfide) groups is 2. The van der Waals surface area contributed by atoms with Gasteiger partial charge in [0.2, 0.25) is 15.2 Å². The molecule has 0 spiro atoms. The number of phenolic OH excluding ortho intramolecular Hbond substituents is 1. The Labute approximate surface area is 218 Å². The highest BCUT2D eigenvalue weighted by atomic mass is 32.2. The number of aliphatic carboxylic acids is 1. The summed E-state index contributed by atoms with van der Waals surface area (Å²) in [7, 11) is -3.74. The molecule has 0 aliphatic carbocycles. The van der Waals surface area contributed by atoms with E-state index >= 15 is 0 Å². The molecule has 2 unspecified atom stereocenters. The number of phenols is 1. The molecule has 2 aliphatic rings. The van der Waals surface area contributed by atoms with Crippen LogP contribution in [0, 0.1) is 0 Å². The lowest BCUT2D eigenvalue weighted by molar-refractivity contribution is -0.151. The van der Waals surface area contributed by atoms with Gasteiger partial charge in [-0.3, -0.25) is 14.5 Å². The molecule has 6 N–H and O–H groups in total. The third-order valence-electron chi connectivity index (χ3n) is 5.47. The van der Waals surface area contributed by atoms with Gasteiger partial charge in [-0.25, -0.2) is 23.0 Å². The van der Waals surface area contributed by atoms with Crippen molar-refractivity contribution in [2.45, 2.75) is 29.2 Å². The van der Waals surface area contributed by atoms with Crippen molar-refractivity contribution in [3.05, 3.63) is 41.1 Å². The van der Waals surface area contributed by atoms with E-state index in [1.807, 2.05) is 0 Å². The first kappa shape index (κ1) is 26.9. The standard InChI is InChI=1S/C19H21N7O8S3/c20-37(33,34)6-5-25-19(22-23-24-25)36-8-10-7-35-17-12(16(30)26(17)13(10)18(31)32)21-15(29)14(28)9-1-3-11(27)4-2-9/h1-4,12,14,17,27-28H,5-8H2,(H,21,29)(H,31,32)(H2,20,33,34)/t12?,14?,17-/m1/s1. The Morgan fingerprint density at radius 3 is 2.65 bits per heavy atom. The van der Waals surface area contributed by atoms with E-state index in [2.05, 4.69) is 20.8 Å². The minimum absolute atomic E-state index is 0.0401. The average Bonchev–Trinajstić information content (AvgIpc) is 3.30. The summed E-state index contributed by atoms with van der Waals surface area (Å²) in [4.78, 5) is 38.5. The molecule has 0 bridgehead atoms. The number of β-lactam (4-membered cyclic amide) rings is 1. The van der Waals surface area contributed by atoms with Crippen LogP contribution in [0.15, 0.2) is 40.7 Å². The number of benzene rings is 1. The van der Waals surface area contributed by atoms with Crippen molar-refractivity contribution < 1.29 is 38.1 Å².